The number of benzene rings is 1. The van der Waals surface area contributed by atoms with Crippen LogP contribution >= 0.6 is 0 Å². The zero-order chi connectivity index (χ0) is 15.6. The minimum Gasteiger partial charge on any atom is -0.350 e. The summed E-state index contributed by atoms with van der Waals surface area (Å²) in [5, 5.41) is 13.3. The van der Waals surface area contributed by atoms with Gasteiger partial charge in [-0.1, -0.05) is 0 Å². The number of nitro benzene ring substituents is 1. The number of carbonyl (C=O) groups is 1. The molecule has 0 aliphatic heterocycles. The van der Waals surface area contributed by atoms with Crippen LogP contribution in [0.2, 0.25) is 0 Å². The summed E-state index contributed by atoms with van der Waals surface area (Å²) in [4.78, 5) is 24.1. The Bertz CT molecular complexity index is 560. The topological polar surface area (TPSA) is 75.5 Å². The van der Waals surface area contributed by atoms with Crippen LogP contribution in [-0.2, 0) is 0 Å². The molecule has 0 heterocycles. The lowest BCUT2D eigenvalue weighted by Gasteiger charge is -2.24. The van der Waals surface area contributed by atoms with Crippen molar-refractivity contribution < 1.29 is 14.1 Å². The number of nitrogens with zero attached hydrogens (tertiary/aromatic N) is 2. The van der Waals surface area contributed by atoms with Crippen molar-refractivity contribution in [3.8, 4) is 0 Å². The van der Waals surface area contributed by atoms with Crippen molar-refractivity contribution in [2.45, 2.75) is 31.8 Å². The molecule has 1 unspecified atom stereocenters. The van der Waals surface area contributed by atoms with Gasteiger partial charge in [-0.3, -0.25) is 19.8 Å². The highest BCUT2D eigenvalue weighted by Crippen LogP contribution is 2.26. The van der Waals surface area contributed by atoms with E-state index >= 15 is 0 Å². The summed E-state index contributed by atoms with van der Waals surface area (Å²) in [5.74, 6) is -1.39. The lowest BCUT2D eigenvalue weighted by atomic mass is 10.1. The van der Waals surface area contributed by atoms with Crippen LogP contribution in [0.4, 0.5) is 10.1 Å². The monoisotopic (exact) mass is 295 g/mol. The summed E-state index contributed by atoms with van der Waals surface area (Å²) in [5.41, 5.74) is -0.602. The molecular formula is C14H18FN3O3. The predicted octanol–water partition coefficient (Wildman–Crippen LogP) is 1.95. The molecule has 1 amide bonds. The molecule has 1 N–H and O–H groups in total. The van der Waals surface area contributed by atoms with Gasteiger partial charge >= 0.3 is 0 Å². The van der Waals surface area contributed by atoms with Crippen molar-refractivity contribution in [3.63, 3.8) is 0 Å². The van der Waals surface area contributed by atoms with Crippen molar-refractivity contribution in [3.05, 3.63) is 39.7 Å². The molecule has 0 radical (unpaired) electrons. The number of nitrogens with one attached hydrogen (secondary N) is 1. The Kier molecular flexibility index (Phi) is 4.52. The number of hydrogen-bond donors (Lipinski definition) is 1. The summed E-state index contributed by atoms with van der Waals surface area (Å²) in [6, 6.07) is 3.62. The Morgan fingerprint density at radius 3 is 2.81 bits per heavy atom. The van der Waals surface area contributed by atoms with E-state index in [2.05, 4.69) is 10.2 Å². The minimum absolute atomic E-state index is 0.128. The Labute approximate surface area is 122 Å². The molecule has 0 bridgehead atoms. The fraction of sp³-hybridized carbons (Fsp3) is 0.500. The predicted molar refractivity (Wildman–Crippen MR) is 75.6 cm³/mol. The van der Waals surface area contributed by atoms with Gasteiger partial charge in [0.05, 0.1) is 10.5 Å². The van der Waals surface area contributed by atoms with Gasteiger partial charge in [0, 0.05) is 30.8 Å². The molecule has 0 spiro atoms. The Morgan fingerprint density at radius 2 is 2.24 bits per heavy atom. The summed E-state index contributed by atoms with van der Waals surface area (Å²) in [6.07, 6.45) is 2.32. The van der Waals surface area contributed by atoms with E-state index in [4.69, 9.17) is 0 Å². The zero-order valence-electron chi connectivity index (χ0n) is 12.0. The molecule has 1 saturated carbocycles. The highest BCUT2D eigenvalue weighted by molar-refractivity contribution is 5.95. The SMILES string of the molecule is CC(CNC(=O)c1cc([N+](=O)[O-])ccc1F)N(C)C1CC1. The zero-order valence-corrected chi connectivity index (χ0v) is 12.0. The lowest BCUT2D eigenvalue weighted by molar-refractivity contribution is -0.384. The molecule has 1 aromatic rings. The molecule has 21 heavy (non-hydrogen) atoms. The first kappa shape index (κ1) is 15.4. The van der Waals surface area contributed by atoms with Gasteiger partial charge in [0.2, 0.25) is 0 Å². The van der Waals surface area contributed by atoms with E-state index in [1.54, 1.807) is 0 Å². The number of carbonyl (C=O) groups excluding carboxylic acids is 1. The maximum absolute atomic E-state index is 13.6. The first-order valence-electron chi connectivity index (χ1n) is 6.84. The van der Waals surface area contributed by atoms with Crippen LogP contribution in [0.3, 0.4) is 0 Å². The standard InChI is InChI=1S/C14H18FN3O3/c1-9(17(2)10-3-4-10)8-16-14(19)12-7-11(18(20)21)5-6-13(12)15/h5-7,9-10H,3-4,8H2,1-2H3,(H,16,19). The average molecular weight is 295 g/mol. The lowest BCUT2D eigenvalue weighted by Crippen LogP contribution is -2.41. The van der Waals surface area contributed by atoms with Crippen molar-refractivity contribution in [2.24, 2.45) is 0 Å². The van der Waals surface area contributed by atoms with Gasteiger partial charge < -0.3 is 5.32 Å². The van der Waals surface area contributed by atoms with Crippen molar-refractivity contribution in [1.29, 1.82) is 0 Å². The van der Waals surface area contributed by atoms with E-state index in [0.717, 1.165) is 31.0 Å². The number of amides is 1. The third-order valence-electron chi connectivity index (χ3n) is 3.78. The molecular weight excluding hydrogens is 277 g/mol. The minimum atomic E-state index is -0.763. The van der Waals surface area contributed by atoms with Gasteiger partial charge in [0.15, 0.2) is 0 Å². The van der Waals surface area contributed by atoms with Crippen LogP contribution in [0.15, 0.2) is 18.2 Å². The van der Waals surface area contributed by atoms with Crippen LogP contribution in [0.25, 0.3) is 0 Å². The number of rotatable bonds is 6. The second kappa shape index (κ2) is 6.17. The van der Waals surface area contributed by atoms with Crippen LogP contribution < -0.4 is 5.32 Å². The third-order valence-corrected chi connectivity index (χ3v) is 3.78. The molecule has 7 heteroatoms. The van der Waals surface area contributed by atoms with Gasteiger partial charge in [0.1, 0.15) is 5.82 Å². The van der Waals surface area contributed by atoms with Gasteiger partial charge in [0.25, 0.3) is 11.6 Å². The number of likely N-dealkylation sites (N-methyl/N-ethyl adjacent to an activating group) is 1. The Balaban J connectivity index is 1.99. The van der Waals surface area contributed by atoms with Crippen molar-refractivity contribution in [2.75, 3.05) is 13.6 Å². The van der Waals surface area contributed by atoms with Crippen LogP contribution in [0.5, 0.6) is 0 Å². The molecule has 2 rings (SSSR count). The normalized spacial score (nSPS) is 15.8. The van der Waals surface area contributed by atoms with E-state index in [1.807, 2.05) is 14.0 Å². The quantitative estimate of drug-likeness (QED) is 0.643. The average Bonchev–Trinajstić information content (AvgIpc) is 3.28. The van der Waals surface area contributed by atoms with Crippen molar-refractivity contribution in [1.82, 2.24) is 10.2 Å². The number of hydrogen-bond acceptors (Lipinski definition) is 4. The maximum Gasteiger partial charge on any atom is 0.270 e. The van der Waals surface area contributed by atoms with E-state index in [1.165, 1.54) is 0 Å². The molecule has 1 aromatic carbocycles. The third kappa shape index (κ3) is 3.75. The van der Waals surface area contributed by atoms with E-state index < -0.39 is 16.6 Å². The molecule has 1 atom stereocenters. The summed E-state index contributed by atoms with van der Waals surface area (Å²) >= 11 is 0. The molecule has 1 aliphatic carbocycles. The fourth-order valence-corrected chi connectivity index (χ4v) is 2.12. The smallest absolute Gasteiger partial charge is 0.270 e. The summed E-state index contributed by atoms with van der Waals surface area (Å²) in [7, 11) is 1.99. The van der Waals surface area contributed by atoms with E-state index in [0.29, 0.717) is 12.6 Å². The maximum atomic E-state index is 13.6. The first-order chi connectivity index (χ1) is 9.90. The Morgan fingerprint density at radius 1 is 1.57 bits per heavy atom. The Hall–Kier alpha value is -2.02. The van der Waals surface area contributed by atoms with Gasteiger partial charge in [-0.25, -0.2) is 4.39 Å². The van der Waals surface area contributed by atoms with Crippen LogP contribution in [-0.4, -0.2) is 41.4 Å². The molecule has 0 aromatic heterocycles. The molecule has 6 nitrogen and oxygen atoms in total. The summed E-state index contributed by atoms with van der Waals surface area (Å²) < 4.78 is 13.6. The van der Waals surface area contributed by atoms with E-state index in [9.17, 15) is 19.3 Å². The van der Waals surface area contributed by atoms with Gasteiger partial charge in [-0.05, 0) is 32.9 Å². The number of nitro groups is 1. The van der Waals surface area contributed by atoms with Gasteiger partial charge in [-0.15, -0.1) is 0 Å². The molecule has 114 valence electrons. The number of halogens is 1. The van der Waals surface area contributed by atoms with Crippen molar-refractivity contribution >= 4 is 11.6 Å². The molecule has 1 fully saturated rings. The largest absolute Gasteiger partial charge is 0.350 e. The highest BCUT2D eigenvalue weighted by atomic mass is 19.1. The van der Waals surface area contributed by atoms with E-state index in [-0.39, 0.29) is 17.3 Å². The fourth-order valence-electron chi connectivity index (χ4n) is 2.12. The molecule has 1 aliphatic rings. The number of non-ortho nitro benzene ring substituents is 1. The summed E-state index contributed by atoms with van der Waals surface area (Å²) in [6.45, 7) is 2.34. The van der Waals surface area contributed by atoms with Crippen LogP contribution in [0.1, 0.15) is 30.1 Å². The van der Waals surface area contributed by atoms with Gasteiger partial charge in [-0.2, -0.15) is 0 Å². The molecule has 0 saturated heterocycles. The second-order valence-corrected chi connectivity index (χ2v) is 5.38. The van der Waals surface area contributed by atoms with Crippen LogP contribution in [0, 0.1) is 15.9 Å². The second-order valence-electron chi connectivity index (χ2n) is 5.38. The first-order valence-corrected chi connectivity index (χ1v) is 6.84. The highest BCUT2D eigenvalue weighted by Gasteiger charge is 2.29.